The SMILES string of the molecule is C=NOCc1cc(Cl)c2c(c1)OCO2. The molecule has 0 fully saturated rings. The van der Waals surface area contributed by atoms with Crippen molar-refractivity contribution in [2.45, 2.75) is 6.61 Å². The summed E-state index contributed by atoms with van der Waals surface area (Å²) in [6.07, 6.45) is 0. The third-order valence-electron chi connectivity index (χ3n) is 1.81. The van der Waals surface area contributed by atoms with Crippen LogP contribution < -0.4 is 9.47 Å². The molecule has 5 heteroatoms. The monoisotopic (exact) mass is 213 g/mol. The van der Waals surface area contributed by atoms with Crippen molar-refractivity contribution in [1.29, 1.82) is 0 Å². The highest BCUT2D eigenvalue weighted by atomic mass is 35.5. The maximum absolute atomic E-state index is 5.95. The third kappa shape index (κ3) is 1.61. The first-order valence-corrected chi connectivity index (χ1v) is 4.35. The number of oxime groups is 1. The Labute approximate surface area is 86.0 Å². The van der Waals surface area contributed by atoms with Gasteiger partial charge < -0.3 is 14.3 Å². The first kappa shape index (κ1) is 9.15. The van der Waals surface area contributed by atoms with Crippen molar-refractivity contribution >= 4 is 18.3 Å². The molecule has 0 radical (unpaired) electrons. The van der Waals surface area contributed by atoms with Crippen LogP contribution in [0.15, 0.2) is 17.3 Å². The Morgan fingerprint density at radius 1 is 1.50 bits per heavy atom. The van der Waals surface area contributed by atoms with Gasteiger partial charge in [0.05, 0.1) is 5.02 Å². The lowest BCUT2D eigenvalue weighted by atomic mass is 10.2. The highest BCUT2D eigenvalue weighted by molar-refractivity contribution is 6.32. The molecule has 0 saturated heterocycles. The lowest BCUT2D eigenvalue weighted by Crippen LogP contribution is -1.93. The predicted octanol–water partition coefficient (Wildman–Crippen LogP) is 2.20. The van der Waals surface area contributed by atoms with Crippen LogP contribution in [-0.4, -0.2) is 13.5 Å². The average molecular weight is 214 g/mol. The van der Waals surface area contributed by atoms with E-state index in [1.165, 1.54) is 0 Å². The number of hydrogen-bond donors (Lipinski definition) is 0. The van der Waals surface area contributed by atoms with Gasteiger partial charge in [-0.2, -0.15) is 0 Å². The molecule has 0 atom stereocenters. The molecule has 1 aromatic rings. The van der Waals surface area contributed by atoms with E-state index in [0.29, 0.717) is 23.1 Å². The van der Waals surface area contributed by atoms with Crippen LogP contribution in [-0.2, 0) is 11.4 Å². The average Bonchev–Trinajstić information content (AvgIpc) is 2.63. The normalized spacial score (nSPS) is 12.6. The molecule has 0 bridgehead atoms. The molecule has 1 aromatic carbocycles. The maximum Gasteiger partial charge on any atom is 0.231 e. The zero-order valence-corrected chi connectivity index (χ0v) is 8.08. The Morgan fingerprint density at radius 3 is 3.14 bits per heavy atom. The molecule has 1 aliphatic heterocycles. The number of hydrogen-bond acceptors (Lipinski definition) is 4. The zero-order valence-electron chi connectivity index (χ0n) is 7.33. The first-order valence-electron chi connectivity index (χ1n) is 3.97. The molecule has 1 aliphatic rings. The summed E-state index contributed by atoms with van der Waals surface area (Å²) in [4.78, 5) is 4.79. The topological polar surface area (TPSA) is 40.0 Å². The molecule has 4 nitrogen and oxygen atoms in total. The van der Waals surface area contributed by atoms with E-state index in [1.54, 1.807) is 12.1 Å². The van der Waals surface area contributed by atoms with Crippen LogP contribution in [0.25, 0.3) is 0 Å². The van der Waals surface area contributed by atoms with Gasteiger partial charge in [-0.15, -0.1) is 5.16 Å². The van der Waals surface area contributed by atoms with Crippen molar-refractivity contribution in [2.75, 3.05) is 6.79 Å². The van der Waals surface area contributed by atoms with E-state index in [4.69, 9.17) is 25.9 Å². The van der Waals surface area contributed by atoms with Crippen molar-refractivity contribution in [3.05, 3.63) is 22.7 Å². The standard InChI is InChI=1S/C9H8ClNO3/c1-11-14-4-6-2-7(10)9-8(3-6)12-5-13-9/h2-3H,1,4-5H2. The molecule has 14 heavy (non-hydrogen) atoms. The van der Waals surface area contributed by atoms with E-state index in [9.17, 15) is 0 Å². The Balaban J connectivity index is 2.27. The Morgan fingerprint density at radius 2 is 2.36 bits per heavy atom. The number of benzene rings is 1. The van der Waals surface area contributed by atoms with Gasteiger partial charge >= 0.3 is 0 Å². The van der Waals surface area contributed by atoms with Gasteiger partial charge in [0, 0.05) is 6.72 Å². The lowest BCUT2D eigenvalue weighted by molar-refractivity contribution is 0.133. The van der Waals surface area contributed by atoms with Crippen LogP contribution in [0.3, 0.4) is 0 Å². The maximum atomic E-state index is 5.95. The number of fused-ring (bicyclic) bond motifs is 1. The van der Waals surface area contributed by atoms with E-state index in [-0.39, 0.29) is 6.79 Å². The van der Waals surface area contributed by atoms with Gasteiger partial charge in [-0.05, 0) is 17.7 Å². The van der Waals surface area contributed by atoms with Crippen LogP contribution in [0.1, 0.15) is 5.56 Å². The summed E-state index contributed by atoms with van der Waals surface area (Å²) in [5.41, 5.74) is 0.867. The minimum atomic E-state index is 0.207. The van der Waals surface area contributed by atoms with Crippen molar-refractivity contribution < 1.29 is 14.3 Å². The zero-order chi connectivity index (χ0) is 9.97. The fraction of sp³-hybridized carbons (Fsp3) is 0.222. The van der Waals surface area contributed by atoms with E-state index >= 15 is 0 Å². The molecule has 0 spiro atoms. The van der Waals surface area contributed by atoms with E-state index < -0.39 is 0 Å². The molecule has 0 aromatic heterocycles. The largest absolute Gasteiger partial charge is 0.454 e. The molecule has 0 aliphatic carbocycles. The van der Waals surface area contributed by atoms with Gasteiger partial charge in [-0.1, -0.05) is 11.6 Å². The predicted molar refractivity (Wildman–Crippen MR) is 51.9 cm³/mol. The van der Waals surface area contributed by atoms with Crippen LogP contribution in [0.4, 0.5) is 0 Å². The number of rotatable bonds is 3. The fourth-order valence-electron chi connectivity index (χ4n) is 1.22. The summed E-state index contributed by atoms with van der Waals surface area (Å²) >= 11 is 5.95. The number of ether oxygens (including phenoxy) is 2. The van der Waals surface area contributed by atoms with Gasteiger partial charge in [0.25, 0.3) is 0 Å². The minimum absolute atomic E-state index is 0.207. The Kier molecular flexibility index (Phi) is 2.45. The van der Waals surface area contributed by atoms with Crippen molar-refractivity contribution in [2.24, 2.45) is 5.16 Å². The van der Waals surface area contributed by atoms with E-state index in [2.05, 4.69) is 11.9 Å². The second-order valence-electron chi connectivity index (χ2n) is 2.71. The molecule has 2 rings (SSSR count). The second kappa shape index (κ2) is 3.75. The molecule has 0 N–H and O–H groups in total. The van der Waals surface area contributed by atoms with Crippen LogP contribution in [0, 0.1) is 0 Å². The van der Waals surface area contributed by atoms with E-state index in [0.717, 1.165) is 5.56 Å². The molecular weight excluding hydrogens is 206 g/mol. The van der Waals surface area contributed by atoms with E-state index in [1.807, 2.05) is 0 Å². The van der Waals surface area contributed by atoms with Crippen molar-refractivity contribution in [3.8, 4) is 11.5 Å². The number of halogens is 1. The highest BCUT2D eigenvalue weighted by Crippen LogP contribution is 2.39. The molecule has 0 amide bonds. The molecule has 74 valence electrons. The van der Waals surface area contributed by atoms with Crippen molar-refractivity contribution in [1.82, 2.24) is 0 Å². The number of nitrogens with zero attached hydrogens (tertiary/aromatic N) is 1. The molecular formula is C9H8ClNO3. The van der Waals surface area contributed by atoms with Crippen LogP contribution in [0.2, 0.25) is 5.02 Å². The first-order chi connectivity index (χ1) is 6.81. The van der Waals surface area contributed by atoms with Crippen LogP contribution in [0.5, 0.6) is 11.5 Å². The van der Waals surface area contributed by atoms with Gasteiger partial charge in [-0.25, -0.2) is 0 Å². The molecule has 0 unspecified atom stereocenters. The summed E-state index contributed by atoms with van der Waals surface area (Å²) in [5, 5.41) is 3.81. The highest BCUT2D eigenvalue weighted by Gasteiger charge is 2.18. The van der Waals surface area contributed by atoms with Gasteiger partial charge in [0.2, 0.25) is 6.79 Å². The Bertz CT molecular complexity index is 367. The summed E-state index contributed by atoms with van der Waals surface area (Å²) in [5.74, 6) is 1.22. The minimum Gasteiger partial charge on any atom is -0.454 e. The van der Waals surface area contributed by atoms with Gasteiger partial charge in [0.1, 0.15) is 6.61 Å². The Hall–Kier alpha value is -1.42. The molecule has 0 saturated carbocycles. The second-order valence-corrected chi connectivity index (χ2v) is 3.12. The quantitative estimate of drug-likeness (QED) is 0.571. The smallest absolute Gasteiger partial charge is 0.231 e. The summed E-state index contributed by atoms with van der Waals surface area (Å²) in [7, 11) is 0. The summed E-state index contributed by atoms with van der Waals surface area (Å²) < 4.78 is 10.3. The third-order valence-corrected chi connectivity index (χ3v) is 2.09. The fourth-order valence-corrected chi connectivity index (χ4v) is 1.51. The lowest BCUT2D eigenvalue weighted by Gasteiger charge is -2.03. The summed E-state index contributed by atoms with van der Waals surface area (Å²) in [6, 6.07) is 3.56. The van der Waals surface area contributed by atoms with Gasteiger partial charge in [0.15, 0.2) is 11.5 Å². The van der Waals surface area contributed by atoms with Crippen LogP contribution >= 0.6 is 11.6 Å². The van der Waals surface area contributed by atoms with Crippen molar-refractivity contribution in [3.63, 3.8) is 0 Å². The molecule has 1 heterocycles. The van der Waals surface area contributed by atoms with Gasteiger partial charge in [-0.3, -0.25) is 0 Å². The summed E-state index contributed by atoms with van der Waals surface area (Å²) in [6.45, 7) is 3.74.